The van der Waals surface area contributed by atoms with Crippen LogP contribution in [0, 0.1) is 6.92 Å². The van der Waals surface area contributed by atoms with Crippen LogP contribution in [0.25, 0.3) is 0 Å². The molecule has 0 radical (unpaired) electrons. The van der Waals surface area contributed by atoms with Crippen molar-refractivity contribution in [3.05, 3.63) is 27.7 Å². The fraction of sp³-hybridized carbons (Fsp3) is 0.455. The Balaban J connectivity index is 2.37. The SMILES string of the molecule is Cc1cc(Br)c(O)cc1C1CCNC1. The zero-order valence-corrected chi connectivity index (χ0v) is 9.76. The molecule has 1 aliphatic rings. The Hall–Kier alpha value is -0.540. The van der Waals surface area contributed by atoms with Crippen molar-refractivity contribution in [3.63, 3.8) is 0 Å². The molecule has 1 atom stereocenters. The van der Waals surface area contributed by atoms with E-state index in [1.54, 1.807) is 0 Å². The van der Waals surface area contributed by atoms with Gasteiger partial charge in [0.2, 0.25) is 0 Å². The van der Waals surface area contributed by atoms with Gasteiger partial charge in [-0.2, -0.15) is 0 Å². The van der Waals surface area contributed by atoms with Gasteiger partial charge in [-0.3, -0.25) is 0 Å². The summed E-state index contributed by atoms with van der Waals surface area (Å²) in [7, 11) is 0. The maximum absolute atomic E-state index is 9.62. The molecule has 1 saturated heterocycles. The monoisotopic (exact) mass is 255 g/mol. The summed E-state index contributed by atoms with van der Waals surface area (Å²) in [5.74, 6) is 0.909. The molecule has 1 aliphatic heterocycles. The molecule has 0 bridgehead atoms. The van der Waals surface area contributed by atoms with Crippen molar-refractivity contribution >= 4 is 15.9 Å². The second kappa shape index (κ2) is 3.91. The van der Waals surface area contributed by atoms with Crippen LogP contribution in [-0.4, -0.2) is 18.2 Å². The molecule has 1 aromatic carbocycles. The molecule has 2 N–H and O–H groups in total. The molecule has 0 amide bonds. The molecule has 1 unspecified atom stereocenters. The molecule has 1 aromatic rings. The Kier molecular flexibility index (Phi) is 2.79. The highest BCUT2D eigenvalue weighted by Crippen LogP contribution is 2.33. The standard InChI is InChI=1S/C11H14BrNO/c1-7-4-10(12)11(14)5-9(7)8-2-3-13-6-8/h4-5,8,13-14H,2-3,6H2,1H3. The van der Waals surface area contributed by atoms with Crippen LogP contribution >= 0.6 is 15.9 Å². The molecule has 76 valence electrons. The van der Waals surface area contributed by atoms with Crippen LogP contribution in [-0.2, 0) is 0 Å². The number of hydrogen-bond donors (Lipinski definition) is 2. The van der Waals surface area contributed by atoms with E-state index in [0.717, 1.165) is 17.6 Å². The van der Waals surface area contributed by atoms with E-state index in [2.05, 4.69) is 28.2 Å². The van der Waals surface area contributed by atoms with E-state index < -0.39 is 0 Å². The Morgan fingerprint density at radius 2 is 2.29 bits per heavy atom. The molecular weight excluding hydrogens is 242 g/mol. The Morgan fingerprint density at radius 3 is 2.93 bits per heavy atom. The topological polar surface area (TPSA) is 32.3 Å². The van der Waals surface area contributed by atoms with Gasteiger partial charge < -0.3 is 10.4 Å². The third kappa shape index (κ3) is 1.79. The van der Waals surface area contributed by atoms with Crippen LogP contribution in [0.5, 0.6) is 5.75 Å². The van der Waals surface area contributed by atoms with Crippen molar-refractivity contribution < 1.29 is 5.11 Å². The highest BCUT2D eigenvalue weighted by molar-refractivity contribution is 9.10. The minimum atomic E-state index is 0.345. The Labute approximate surface area is 92.5 Å². The minimum Gasteiger partial charge on any atom is -0.507 e. The van der Waals surface area contributed by atoms with Crippen LogP contribution < -0.4 is 5.32 Å². The number of hydrogen-bond acceptors (Lipinski definition) is 2. The first-order valence-electron chi connectivity index (χ1n) is 4.88. The third-order valence-electron chi connectivity index (χ3n) is 2.84. The van der Waals surface area contributed by atoms with E-state index in [1.807, 2.05) is 12.1 Å². The van der Waals surface area contributed by atoms with Crippen LogP contribution in [0.15, 0.2) is 16.6 Å². The second-order valence-electron chi connectivity index (χ2n) is 3.85. The predicted molar refractivity (Wildman–Crippen MR) is 60.8 cm³/mol. The summed E-state index contributed by atoms with van der Waals surface area (Å²) in [6.07, 6.45) is 1.17. The number of phenolic OH excluding ortho intramolecular Hbond substituents is 1. The summed E-state index contributed by atoms with van der Waals surface area (Å²) in [4.78, 5) is 0. The molecule has 2 rings (SSSR count). The Bertz CT molecular complexity index is 345. The lowest BCUT2D eigenvalue weighted by Gasteiger charge is -2.13. The molecule has 14 heavy (non-hydrogen) atoms. The van der Waals surface area contributed by atoms with Gasteiger partial charge in [0.15, 0.2) is 0 Å². The summed E-state index contributed by atoms with van der Waals surface area (Å²) in [6, 6.07) is 3.88. The fourth-order valence-corrected chi connectivity index (χ4v) is 2.50. The van der Waals surface area contributed by atoms with Gasteiger partial charge in [-0.25, -0.2) is 0 Å². The third-order valence-corrected chi connectivity index (χ3v) is 3.47. The van der Waals surface area contributed by atoms with Gasteiger partial charge in [0.05, 0.1) is 4.47 Å². The lowest BCUT2D eigenvalue weighted by Crippen LogP contribution is -2.08. The van der Waals surface area contributed by atoms with Crippen molar-refractivity contribution in [2.45, 2.75) is 19.3 Å². The van der Waals surface area contributed by atoms with E-state index in [-0.39, 0.29) is 0 Å². The number of benzene rings is 1. The molecule has 3 heteroatoms. The highest BCUT2D eigenvalue weighted by Gasteiger charge is 2.19. The first-order valence-corrected chi connectivity index (χ1v) is 5.67. The number of nitrogens with one attached hydrogen (secondary N) is 1. The smallest absolute Gasteiger partial charge is 0.130 e. The second-order valence-corrected chi connectivity index (χ2v) is 4.70. The van der Waals surface area contributed by atoms with Crippen molar-refractivity contribution in [2.24, 2.45) is 0 Å². The lowest BCUT2D eigenvalue weighted by atomic mass is 9.94. The lowest BCUT2D eigenvalue weighted by molar-refractivity contribution is 0.470. The average molecular weight is 256 g/mol. The highest BCUT2D eigenvalue weighted by atomic mass is 79.9. The molecule has 1 heterocycles. The molecular formula is C11H14BrNO. The van der Waals surface area contributed by atoms with Crippen LogP contribution in [0.4, 0.5) is 0 Å². The number of halogens is 1. The molecule has 2 nitrogen and oxygen atoms in total. The van der Waals surface area contributed by atoms with Gasteiger partial charge >= 0.3 is 0 Å². The normalized spacial score (nSPS) is 21.4. The maximum atomic E-state index is 9.62. The number of aromatic hydroxyl groups is 1. The van der Waals surface area contributed by atoms with Gasteiger partial charge in [0.1, 0.15) is 5.75 Å². The van der Waals surface area contributed by atoms with Gasteiger partial charge in [-0.05, 0) is 65.0 Å². The predicted octanol–water partition coefficient (Wildman–Crippen LogP) is 2.54. The zero-order chi connectivity index (χ0) is 10.1. The van der Waals surface area contributed by atoms with E-state index in [9.17, 15) is 5.11 Å². The van der Waals surface area contributed by atoms with Crippen molar-refractivity contribution in [2.75, 3.05) is 13.1 Å². The molecule has 0 aromatic heterocycles. The summed E-state index contributed by atoms with van der Waals surface area (Å²) in [5.41, 5.74) is 2.53. The van der Waals surface area contributed by atoms with Crippen molar-refractivity contribution in [3.8, 4) is 5.75 Å². The maximum Gasteiger partial charge on any atom is 0.130 e. The van der Waals surface area contributed by atoms with E-state index in [4.69, 9.17) is 0 Å². The van der Waals surface area contributed by atoms with Crippen LogP contribution in [0.1, 0.15) is 23.5 Å². The van der Waals surface area contributed by atoms with Crippen LogP contribution in [0.3, 0.4) is 0 Å². The molecule has 0 spiro atoms. The van der Waals surface area contributed by atoms with Crippen molar-refractivity contribution in [1.82, 2.24) is 5.32 Å². The summed E-state index contributed by atoms with van der Waals surface area (Å²) < 4.78 is 0.782. The minimum absolute atomic E-state index is 0.345. The first-order chi connectivity index (χ1) is 6.68. The quantitative estimate of drug-likeness (QED) is 0.809. The number of aryl methyl sites for hydroxylation is 1. The summed E-state index contributed by atoms with van der Waals surface area (Å²) >= 11 is 3.32. The van der Waals surface area contributed by atoms with E-state index in [0.29, 0.717) is 11.7 Å². The van der Waals surface area contributed by atoms with E-state index >= 15 is 0 Å². The van der Waals surface area contributed by atoms with Gasteiger partial charge in [0, 0.05) is 6.54 Å². The molecule has 0 aliphatic carbocycles. The zero-order valence-electron chi connectivity index (χ0n) is 8.18. The molecule has 0 saturated carbocycles. The number of phenols is 1. The Morgan fingerprint density at radius 1 is 1.50 bits per heavy atom. The fourth-order valence-electron chi connectivity index (χ4n) is 2.04. The van der Waals surface area contributed by atoms with E-state index in [1.165, 1.54) is 17.5 Å². The largest absolute Gasteiger partial charge is 0.507 e. The number of rotatable bonds is 1. The van der Waals surface area contributed by atoms with Crippen molar-refractivity contribution in [1.29, 1.82) is 0 Å². The van der Waals surface area contributed by atoms with Crippen LogP contribution in [0.2, 0.25) is 0 Å². The average Bonchev–Trinajstić information content (AvgIpc) is 2.64. The van der Waals surface area contributed by atoms with Gasteiger partial charge in [-0.15, -0.1) is 0 Å². The summed E-state index contributed by atoms with van der Waals surface area (Å²) in [5, 5.41) is 13.0. The summed E-state index contributed by atoms with van der Waals surface area (Å²) in [6.45, 7) is 4.21. The molecule has 1 fully saturated rings. The van der Waals surface area contributed by atoms with Gasteiger partial charge in [-0.1, -0.05) is 0 Å². The van der Waals surface area contributed by atoms with Gasteiger partial charge in [0.25, 0.3) is 0 Å². The first kappa shape index (κ1) is 9.99.